The Morgan fingerprint density at radius 1 is 0.972 bits per heavy atom. The smallest absolute Gasteiger partial charge is 0.265 e. The van der Waals surface area contributed by atoms with Crippen molar-refractivity contribution in [1.82, 2.24) is 15.2 Å². The number of morpholine rings is 1. The van der Waals surface area contributed by atoms with Gasteiger partial charge in [-0.1, -0.05) is 72.0 Å². The Morgan fingerprint density at radius 2 is 1.61 bits per heavy atom. The molecule has 1 unspecified atom stereocenters. The van der Waals surface area contributed by atoms with E-state index in [1.165, 1.54) is 11.3 Å². The molecule has 2 amide bonds. The summed E-state index contributed by atoms with van der Waals surface area (Å²) in [4.78, 5) is 36.3. The largest absolute Gasteiger partial charge is 0.378 e. The molecule has 3 aromatic rings. The summed E-state index contributed by atoms with van der Waals surface area (Å²) >= 11 is 1.44. The first-order valence-electron chi connectivity index (χ1n) is 12.6. The van der Waals surface area contributed by atoms with Crippen LogP contribution in [0.25, 0.3) is 0 Å². The maximum absolute atomic E-state index is 13.8. The van der Waals surface area contributed by atoms with Crippen LogP contribution in [0.5, 0.6) is 0 Å². The van der Waals surface area contributed by atoms with E-state index in [9.17, 15) is 9.59 Å². The second-order valence-corrected chi connectivity index (χ2v) is 10.5. The average molecular weight is 505 g/mol. The van der Waals surface area contributed by atoms with E-state index in [4.69, 9.17) is 4.74 Å². The zero-order valence-electron chi connectivity index (χ0n) is 20.6. The number of piperidine rings is 1. The highest BCUT2D eigenvalue weighted by Gasteiger charge is 2.44. The predicted molar refractivity (Wildman–Crippen MR) is 141 cm³/mol. The monoisotopic (exact) mass is 504 g/mol. The van der Waals surface area contributed by atoms with E-state index < -0.39 is 5.41 Å². The van der Waals surface area contributed by atoms with Gasteiger partial charge in [-0.05, 0) is 30.9 Å². The van der Waals surface area contributed by atoms with E-state index >= 15 is 0 Å². The zero-order chi connectivity index (χ0) is 25.0. The summed E-state index contributed by atoms with van der Waals surface area (Å²) in [5.74, 6) is 0.0104. The second-order valence-electron chi connectivity index (χ2n) is 9.45. The molecule has 0 radical (unpaired) electrons. The quantitative estimate of drug-likeness (QED) is 0.549. The third-order valence-electron chi connectivity index (χ3n) is 7.30. The van der Waals surface area contributed by atoms with E-state index in [1.54, 1.807) is 6.20 Å². The van der Waals surface area contributed by atoms with Crippen LogP contribution in [0.15, 0.2) is 66.9 Å². The summed E-state index contributed by atoms with van der Waals surface area (Å²) < 4.78 is 5.42. The Bertz CT molecular complexity index is 1170. The van der Waals surface area contributed by atoms with E-state index in [2.05, 4.69) is 15.2 Å². The maximum Gasteiger partial charge on any atom is 0.265 e. The van der Waals surface area contributed by atoms with Gasteiger partial charge in [-0.3, -0.25) is 9.59 Å². The number of benzene rings is 2. The fraction of sp³-hybridized carbons (Fsp3) is 0.393. The Balaban J connectivity index is 1.30. The number of amides is 2. The lowest BCUT2D eigenvalue weighted by Crippen LogP contribution is -2.53. The number of aromatic nitrogens is 1. The molecule has 2 fully saturated rings. The van der Waals surface area contributed by atoms with Crippen molar-refractivity contribution in [2.75, 3.05) is 44.3 Å². The molecule has 2 aliphatic heterocycles. The molecule has 36 heavy (non-hydrogen) atoms. The minimum Gasteiger partial charge on any atom is -0.378 e. The number of thiazole rings is 1. The Kier molecular flexibility index (Phi) is 7.34. The fourth-order valence-corrected chi connectivity index (χ4v) is 6.01. The number of nitrogens with one attached hydrogen (secondary N) is 1. The van der Waals surface area contributed by atoms with Crippen molar-refractivity contribution in [2.45, 2.75) is 31.2 Å². The fourth-order valence-electron chi connectivity index (χ4n) is 5.08. The van der Waals surface area contributed by atoms with Crippen molar-refractivity contribution in [3.63, 3.8) is 0 Å². The third-order valence-corrected chi connectivity index (χ3v) is 8.34. The number of ether oxygens (including phenoxy) is 1. The van der Waals surface area contributed by atoms with Crippen LogP contribution in [0.3, 0.4) is 0 Å². The Hall–Kier alpha value is -3.23. The number of anilines is 1. The lowest BCUT2D eigenvalue weighted by molar-refractivity contribution is -0.129. The molecule has 3 heterocycles. The predicted octanol–water partition coefficient (Wildman–Crippen LogP) is 4.03. The molecule has 2 aliphatic rings. The van der Waals surface area contributed by atoms with Gasteiger partial charge in [0.2, 0.25) is 5.91 Å². The molecule has 0 spiro atoms. The van der Waals surface area contributed by atoms with Gasteiger partial charge in [0.15, 0.2) is 5.13 Å². The lowest BCUT2D eigenvalue weighted by Gasteiger charge is -2.41. The van der Waals surface area contributed by atoms with Crippen molar-refractivity contribution < 1.29 is 14.3 Å². The first kappa shape index (κ1) is 24.5. The highest BCUT2D eigenvalue weighted by Crippen LogP contribution is 2.37. The zero-order valence-corrected chi connectivity index (χ0v) is 21.4. The molecule has 2 saturated heterocycles. The molecule has 0 aliphatic carbocycles. The summed E-state index contributed by atoms with van der Waals surface area (Å²) in [6.07, 6.45) is 2.83. The first-order chi connectivity index (χ1) is 17.6. The van der Waals surface area contributed by atoms with E-state index in [0.29, 0.717) is 44.0 Å². The average Bonchev–Trinajstić information content (AvgIpc) is 3.44. The number of hydrogen-bond donors (Lipinski definition) is 1. The first-order valence-corrected chi connectivity index (χ1v) is 13.4. The third kappa shape index (κ3) is 5.01. The molecule has 5 rings (SSSR count). The van der Waals surface area contributed by atoms with E-state index in [1.807, 2.05) is 72.5 Å². The molecule has 0 saturated carbocycles. The van der Waals surface area contributed by atoms with Crippen LogP contribution >= 0.6 is 11.3 Å². The number of rotatable bonds is 6. The molecule has 7 nitrogen and oxygen atoms in total. The van der Waals surface area contributed by atoms with Gasteiger partial charge in [0.1, 0.15) is 4.88 Å². The molecule has 1 aromatic heterocycles. The molecule has 0 bridgehead atoms. The molecular weight excluding hydrogens is 472 g/mol. The highest BCUT2D eigenvalue weighted by atomic mass is 32.1. The number of likely N-dealkylation sites (tertiary alicyclic amines) is 1. The summed E-state index contributed by atoms with van der Waals surface area (Å²) in [5.41, 5.74) is 1.40. The minimum atomic E-state index is -0.673. The number of hydrogen-bond acceptors (Lipinski definition) is 6. The van der Waals surface area contributed by atoms with Crippen molar-refractivity contribution in [3.8, 4) is 0 Å². The number of carbonyl (C=O) groups excluding carboxylic acids is 2. The van der Waals surface area contributed by atoms with Crippen LogP contribution < -0.4 is 10.2 Å². The van der Waals surface area contributed by atoms with E-state index in [-0.39, 0.29) is 17.9 Å². The van der Waals surface area contributed by atoms with Crippen molar-refractivity contribution in [3.05, 3.63) is 82.9 Å². The highest BCUT2D eigenvalue weighted by molar-refractivity contribution is 7.17. The molecule has 8 heteroatoms. The summed E-state index contributed by atoms with van der Waals surface area (Å²) in [7, 11) is 0. The topological polar surface area (TPSA) is 74.8 Å². The van der Waals surface area contributed by atoms with E-state index in [0.717, 1.165) is 29.3 Å². The van der Waals surface area contributed by atoms with Gasteiger partial charge in [0.05, 0.1) is 30.9 Å². The van der Waals surface area contributed by atoms with Gasteiger partial charge >= 0.3 is 0 Å². The normalized spacial score (nSPS) is 18.5. The van der Waals surface area contributed by atoms with Gasteiger partial charge in [-0.25, -0.2) is 4.98 Å². The van der Waals surface area contributed by atoms with Crippen LogP contribution in [-0.4, -0.2) is 61.1 Å². The lowest BCUT2D eigenvalue weighted by atomic mass is 9.71. The van der Waals surface area contributed by atoms with Gasteiger partial charge in [0, 0.05) is 26.2 Å². The SMILES string of the molecule is CC(NC(=O)C1(c2ccccc2)CCN(C(=O)c2cnc(N3CCOCC3)s2)CC1)c1ccccc1. The van der Waals surface area contributed by atoms with Crippen molar-refractivity contribution in [1.29, 1.82) is 0 Å². The molecular formula is C28H32N4O3S. The minimum absolute atomic E-state index is 0.00765. The maximum atomic E-state index is 13.8. The summed E-state index contributed by atoms with van der Waals surface area (Å²) in [6.45, 7) is 6.00. The standard InChI is InChI=1S/C28H32N4O3S/c1-21(22-8-4-2-5-9-22)30-26(34)28(23-10-6-3-7-11-23)12-14-31(15-13-28)25(33)24-20-29-27(36-24)32-16-18-35-19-17-32/h2-11,20-21H,12-19H2,1H3,(H,30,34). The summed E-state index contributed by atoms with van der Waals surface area (Å²) in [6, 6.07) is 19.9. The summed E-state index contributed by atoms with van der Waals surface area (Å²) in [5, 5.41) is 4.12. The number of carbonyl (C=O) groups is 2. The molecule has 1 N–H and O–H groups in total. The Labute approximate surface area is 216 Å². The Morgan fingerprint density at radius 3 is 2.28 bits per heavy atom. The molecule has 1 atom stereocenters. The second kappa shape index (κ2) is 10.8. The van der Waals surface area contributed by atoms with Gasteiger partial charge < -0.3 is 19.9 Å². The van der Waals surface area contributed by atoms with Crippen LogP contribution in [0.4, 0.5) is 5.13 Å². The molecule has 2 aromatic carbocycles. The van der Waals surface area contributed by atoms with Crippen LogP contribution in [-0.2, 0) is 14.9 Å². The van der Waals surface area contributed by atoms with Crippen LogP contribution in [0.1, 0.15) is 46.6 Å². The van der Waals surface area contributed by atoms with Gasteiger partial charge in [-0.15, -0.1) is 0 Å². The number of nitrogens with zero attached hydrogens (tertiary/aromatic N) is 3. The van der Waals surface area contributed by atoms with Crippen molar-refractivity contribution in [2.24, 2.45) is 0 Å². The van der Waals surface area contributed by atoms with Crippen LogP contribution in [0.2, 0.25) is 0 Å². The van der Waals surface area contributed by atoms with Gasteiger partial charge in [-0.2, -0.15) is 0 Å². The molecule has 188 valence electrons. The van der Waals surface area contributed by atoms with Gasteiger partial charge in [0.25, 0.3) is 5.91 Å². The van der Waals surface area contributed by atoms with Crippen molar-refractivity contribution >= 4 is 28.3 Å². The van der Waals surface area contributed by atoms with Crippen LogP contribution in [0, 0.1) is 0 Å².